The molecule has 0 unspecified atom stereocenters. The largest absolute Gasteiger partial charge is 0.508 e. The standard InChI is InChI=1S/C26H28N6O4/c1-26(2,3)36-25(34)32-10-6-7-19(32)15-29-23-24(35-21-9-5-8-20(33)12-21)31-22(16-30-23)17-11-18(27-4)14-28-13-17/h5,8-9,11-14,16,19,33H,6-7,10,15H2,1-3H3,(H,29,30)/t19-/m0/s1. The SMILES string of the molecule is [C-]#[N+]c1cncc(-c2cnc(NC[C@@H]3CCCN3C(=O)OC(C)(C)C)c(Oc3cccc(O)c3)n2)c1. The first kappa shape index (κ1) is 24.7. The molecule has 3 aromatic rings. The van der Waals surface area contributed by atoms with E-state index in [1.54, 1.807) is 41.6 Å². The quantitative estimate of drug-likeness (QED) is 0.444. The molecule has 0 spiro atoms. The molecule has 1 atom stereocenters. The molecule has 2 N–H and O–H groups in total. The number of benzene rings is 1. The number of aromatic nitrogens is 3. The van der Waals surface area contributed by atoms with Crippen molar-refractivity contribution in [3.8, 4) is 28.6 Å². The van der Waals surface area contributed by atoms with Crippen molar-refractivity contribution in [2.75, 3.05) is 18.4 Å². The highest BCUT2D eigenvalue weighted by atomic mass is 16.6. The third-order valence-electron chi connectivity index (χ3n) is 5.43. The molecule has 3 heterocycles. The van der Waals surface area contributed by atoms with Gasteiger partial charge < -0.3 is 24.8 Å². The lowest BCUT2D eigenvalue weighted by Crippen LogP contribution is -2.42. The van der Waals surface area contributed by atoms with Gasteiger partial charge in [0.2, 0.25) is 5.69 Å². The lowest BCUT2D eigenvalue weighted by molar-refractivity contribution is 0.0235. The number of phenolic OH excluding ortho intramolecular Hbond substituents is 1. The molecule has 0 radical (unpaired) electrons. The molecule has 10 nitrogen and oxygen atoms in total. The third-order valence-corrected chi connectivity index (χ3v) is 5.43. The minimum atomic E-state index is -0.569. The van der Waals surface area contributed by atoms with E-state index in [0.29, 0.717) is 41.6 Å². The van der Waals surface area contributed by atoms with Gasteiger partial charge in [-0.2, -0.15) is 0 Å². The Kier molecular flexibility index (Phi) is 7.20. The number of phenols is 1. The molecule has 2 aromatic heterocycles. The lowest BCUT2D eigenvalue weighted by atomic mass is 10.2. The van der Waals surface area contributed by atoms with Gasteiger partial charge in [0, 0.05) is 37.1 Å². The number of carbonyl (C=O) groups excluding carboxylic acids is 1. The molecule has 0 aliphatic carbocycles. The van der Waals surface area contributed by atoms with Crippen molar-refractivity contribution in [3.05, 3.63) is 60.3 Å². The Bertz CT molecular complexity index is 1280. The van der Waals surface area contributed by atoms with E-state index in [9.17, 15) is 9.90 Å². The van der Waals surface area contributed by atoms with Crippen molar-refractivity contribution in [2.24, 2.45) is 0 Å². The highest BCUT2D eigenvalue weighted by Gasteiger charge is 2.32. The number of likely N-dealkylation sites (tertiary alicyclic amines) is 1. The summed E-state index contributed by atoms with van der Waals surface area (Å²) in [6, 6.07) is 7.97. The second kappa shape index (κ2) is 10.5. The van der Waals surface area contributed by atoms with Crippen LogP contribution in [0.15, 0.2) is 48.9 Å². The summed E-state index contributed by atoms with van der Waals surface area (Å²) in [7, 11) is 0. The number of nitrogens with zero attached hydrogens (tertiary/aromatic N) is 5. The van der Waals surface area contributed by atoms with E-state index in [-0.39, 0.29) is 23.8 Å². The molecule has 1 amide bonds. The van der Waals surface area contributed by atoms with Crippen LogP contribution in [-0.4, -0.2) is 55.8 Å². The summed E-state index contributed by atoms with van der Waals surface area (Å²) in [5.41, 5.74) is 0.913. The summed E-state index contributed by atoms with van der Waals surface area (Å²) in [6.07, 6.45) is 6.02. The highest BCUT2D eigenvalue weighted by Crippen LogP contribution is 2.31. The van der Waals surface area contributed by atoms with Crippen molar-refractivity contribution in [1.82, 2.24) is 19.9 Å². The maximum absolute atomic E-state index is 12.6. The number of aromatic hydroxyl groups is 1. The van der Waals surface area contributed by atoms with E-state index in [2.05, 4.69) is 25.1 Å². The third kappa shape index (κ3) is 6.18. The molecule has 1 aromatic carbocycles. The predicted octanol–water partition coefficient (Wildman–Crippen LogP) is 5.40. The van der Waals surface area contributed by atoms with E-state index in [0.717, 1.165) is 12.8 Å². The predicted molar refractivity (Wildman–Crippen MR) is 134 cm³/mol. The molecule has 10 heteroatoms. The fraction of sp³-hybridized carbons (Fsp3) is 0.346. The highest BCUT2D eigenvalue weighted by molar-refractivity contribution is 5.69. The Morgan fingerprint density at radius 1 is 1.28 bits per heavy atom. The van der Waals surface area contributed by atoms with Gasteiger partial charge in [0.25, 0.3) is 5.88 Å². The van der Waals surface area contributed by atoms with Gasteiger partial charge in [-0.15, -0.1) is 0 Å². The zero-order valence-electron chi connectivity index (χ0n) is 20.4. The molecule has 0 bridgehead atoms. The van der Waals surface area contributed by atoms with E-state index in [1.807, 2.05) is 20.8 Å². The summed E-state index contributed by atoms with van der Waals surface area (Å²) in [4.78, 5) is 31.0. The van der Waals surface area contributed by atoms with Crippen LogP contribution in [0.1, 0.15) is 33.6 Å². The van der Waals surface area contributed by atoms with Crippen molar-refractivity contribution >= 4 is 17.6 Å². The van der Waals surface area contributed by atoms with Gasteiger partial charge in [0.15, 0.2) is 5.82 Å². The van der Waals surface area contributed by atoms with Crippen molar-refractivity contribution in [3.63, 3.8) is 0 Å². The van der Waals surface area contributed by atoms with Gasteiger partial charge >= 0.3 is 6.09 Å². The van der Waals surface area contributed by atoms with Gasteiger partial charge in [-0.05, 0) is 51.8 Å². The van der Waals surface area contributed by atoms with Crippen LogP contribution in [0.3, 0.4) is 0 Å². The molecule has 1 aliphatic heterocycles. The van der Waals surface area contributed by atoms with Gasteiger partial charge in [-0.25, -0.2) is 19.6 Å². The number of anilines is 1. The van der Waals surface area contributed by atoms with E-state index >= 15 is 0 Å². The topological polar surface area (TPSA) is 114 Å². The molecule has 0 saturated carbocycles. The number of nitrogens with one attached hydrogen (secondary N) is 1. The van der Waals surface area contributed by atoms with Crippen molar-refractivity contribution in [1.29, 1.82) is 0 Å². The molecule has 4 rings (SSSR count). The average Bonchev–Trinajstić information content (AvgIpc) is 3.31. The van der Waals surface area contributed by atoms with Gasteiger partial charge in [-0.1, -0.05) is 6.07 Å². The Morgan fingerprint density at radius 3 is 2.86 bits per heavy atom. The van der Waals surface area contributed by atoms with Gasteiger partial charge in [-0.3, -0.25) is 4.98 Å². The minimum Gasteiger partial charge on any atom is -0.508 e. The van der Waals surface area contributed by atoms with Gasteiger partial charge in [0.1, 0.15) is 17.1 Å². The first-order valence-electron chi connectivity index (χ1n) is 11.6. The summed E-state index contributed by atoms with van der Waals surface area (Å²) >= 11 is 0. The molecule has 1 aliphatic rings. The Balaban J connectivity index is 1.58. The van der Waals surface area contributed by atoms with Crippen LogP contribution in [0.2, 0.25) is 0 Å². The summed E-state index contributed by atoms with van der Waals surface area (Å²) in [5, 5.41) is 13.1. The van der Waals surface area contributed by atoms with E-state index in [1.165, 1.54) is 12.3 Å². The normalized spacial score (nSPS) is 15.3. The minimum absolute atomic E-state index is 0.0547. The van der Waals surface area contributed by atoms with Crippen LogP contribution in [-0.2, 0) is 4.74 Å². The molecular weight excluding hydrogens is 460 g/mol. The first-order valence-corrected chi connectivity index (χ1v) is 11.6. The molecule has 36 heavy (non-hydrogen) atoms. The van der Waals surface area contributed by atoms with Crippen LogP contribution >= 0.6 is 0 Å². The second-order valence-electron chi connectivity index (χ2n) is 9.40. The Morgan fingerprint density at radius 2 is 2.11 bits per heavy atom. The summed E-state index contributed by atoms with van der Waals surface area (Å²) in [6.45, 7) is 13.8. The smallest absolute Gasteiger partial charge is 0.410 e. The fourth-order valence-electron chi connectivity index (χ4n) is 3.81. The first-order chi connectivity index (χ1) is 17.2. The summed E-state index contributed by atoms with van der Waals surface area (Å²) < 4.78 is 11.5. The zero-order valence-corrected chi connectivity index (χ0v) is 20.4. The lowest BCUT2D eigenvalue weighted by Gasteiger charge is -2.28. The molecule has 1 fully saturated rings. The van der Waals surface area contributed by atoms with Crippen molar-refractivity contribution in [2.45, 2.75) is 45.3 Å². The number of rotatable bonds is 6. The maximum Gasteiger partial charge on any atom is 0.410 e. The van der Waals surface area contributed by atoms with Crippen LogP contribution in [0.5, 0.6) is 17.4 Å². The number of amides is 1. The Hall–Kier alpha value is -4.39. The van der Waals surface area contributed by atoms with Crippen molar-refractivity contribution < 1.29 is 19.4 Å². The van der Waals surface area contributed by atoms with Gasteiger partial charge in [0.05, 0.1) is 24.5 Å². The zero-order chi connectivity index (χ0) is 25.7. The second-order valence-corrected chi connectivity index (χ2v) is 9.40. The van der Waals surface area contributed by atoms with Crippen LogP contribution in [0, 0.1) is 6.57 Å². The number of hydrogen-bond donors (Lipinski definition) is 2. The summed E-state index contributed by atoms with van der Waals surface area (Å²) in [5.74, 6) is 1.01. The number of pyridine rings is 1. The Labute approximate surface area is 209 Å². The van der Waals surface area contributed by atoms with E-state index in [4.69, 9.17) is 16.0 Å². The number of carbonyl (C=O) groups is 1. The average molecular weight is 489 g/mol. The maximum atomic E-state index is 12.6. The van der Waals surface area contributed by atoms with Crippen LogP contribution < -0.4 is 10.1 Å². The number of hydrogen-bond acceptors (Lipinski definition) is 8. The molecule has 186 valence electrons. The molecule has 1 saturated heterocycles. The fourth-order valence-corrected chi connectivity index (χ4v) is 3.81. The van der Waals surface area contributed by atoms with Crippen LogP contribution in [0.25, 0.3) is 16.1 Å². The van der Waals surface area contributed by atoms with E-state index < -0.39 is 5.60 Å². The monoisotopic (exact) mass is 488 g/mol. The number of ether oxygens (including phenoxy) is 2. The van der Waals surface area contributed by atoms with Crippen LogP contribution in [0.4, 0.5) is 16.3 Å². The molecular formula is C26H28N6O4.